The van der Waals surface area contributed by atoms with Crippen LogP contribution in [-0.2, 0) is 11.3 Å². The van der Waals surface area contributed by atoms with Crippen LogP contribution in [0, 0.1) is 0 Å². The molecule has 2 nitrogen and oxygen atoms in total. The van der Waals surface area contributed by atoms with Gasteiger partial charge in [0.15, 0.2) is 0 Å². The molecule has 0 spiro atoms. The van der Waals surface area contributed by atoms with Gasteiger partial charge >= 0.3 is 0 Å². The van der Waals surface area contributed by atoms with Crippen molar-refractivity contribution in [3.05, 3.63) is 77.9 Å². The molecule has 1 heterocycles. The van der Waals surface area contributed by atoms with Gasteiger partial charge in [-0.15, -0.1) is 0 Å². The van der Waals surface area contributed by atoms with E-state index in [1.807, 2.05) is 65.6 Å². The molecule has 19 heavy (non-hydrogen) atoms. The molecule has 0 saturated carbocycles. The van der Waals surface area contributed by atoms with Gasteiger partial charge in [0.25, 0.3) is 0 Å². The summed E-state index contributed by atoms with van der Waals surface area (Å²) < 4.78 is 0. The zero-order chi connectivity index (χ0) is 13.1. The first-order valence-corrected chi connectivity index (χ1v) is 6.42. The number of benzene rings is 2. The largest absolute Gasteiger partial charge is 0.330 e. The monoisotopic (exact) mass is 249 g/mol. The van der Waals surface area contributed by atoms with Crippen molar-refractivity contribution in [3.8, 4) is 0 Å². The van der Waals surface area contributed by atoms with E-state index in [-0.39, 0.29) is 5.91 Å². The Morgan fingerprint density at radius 1 is 0.895 bits per heavy atom. The van der Waals surface area contributed by atoms with Crippen LogP contribution in [0.3, 0.4) is 0 Å². The van der Waals surface area contributed by atoms with Gasteiger partial charge in [0.1, 0.15) is 0 Å². The number of amides is 1. The molecule has 0 atom stereocenters. The first kappa shape index (κ1) is 11.7. The highest BCUT2D eigenvalue weighted by Gasteiger charge is 2.21. The average molecular weight is 249 g/mol. The number of nitrogens with zero attached hydrogens (tertiary/aromatic N) is 1. The molecule has 0 unspecified atom stereocenters. The molecule has 2 aromatic rings. The van der Waals surface area contributed by atoms with Gasteiger partial charge in [-0.3, -0.25) is 4.79 Å². The zero-order valence-electron chi connectivity index (χ0n) is 10.6. The highest BCUT2D eigenvalue weighted by atomic mass is 16.2. The van der Waals surface area contributed by atoms with Gasteiger partial charge in [-0.1, -0.05) is 60.7 Å². The molecule has 0 aliphatic carbocycles. The summed E-state index contributed by atoms with van der Waals surface area (Å²) >= 11 is 0. The molecular weight excluding hydrogens is 234 g/mol. The smallest absolute Gasteiger partial charge is 0.247 e. The summed E-state index contributed by atoms with van der Waals surface area (Å²) in [5, 5.41) is 0. The van der Waals surface area contributed by atoms with Crippen LogP contribution in [0.1, 0.15) is 11.1 Å². The van der Waals surface area contributed by atoms with E-state index >= 15 is 0 Å². The minimum absolute atomic E-state index is 0.0997. The van der Waals surface area contributed by atoms with Crippen LogP contribution in [0.2, 0.25) is 0 Å². The van der Waals surface area contributed by atoms with Crippen molar-refractivity contribution in [2.45, 2.75) is 6.54 Å². The topological polar surface area (TPSA) is 20.3 Å². The van der Waals surface area contributed by atoms with Crippen molar-refractivity contribution in [2.75, 3.05) is 6.54 Å². The minimum atomic E-state index is 0.0997. The maximum absolute atomic E-state index is 12.0. The summed E-state index contributed by atoms with van der Waals surface area (Å²) in [6.45, 7) is 1.37. The molecule has 0 saturated heterocycles. The van der Waals surface area contributed by atoms with Crippen LogP contribution in [0.25, 0.3) is 5.57 Å². The Labute approximate surface area is 113 Å². The first-order valence-electron chi connectivity index (χ1n) is 6.42. The van der Waals surface area contributed by atoms with E-state index in [9.17, 15) is 4.79 Å². The number of carbonyl (C=O) groups excluding carboxylic acids is 1. The van der Waals surface area contributed by atoms with Gasteiger partial charge in [0, 0.05) is 19.2 Å². The third kappa shape index (κ3) is 2.58. The Bertz CT molecular complexity index is 602. The number of hydrogen-bond donors (Lipinski definition) is 0. The lowest BCUT2D eigenvalue weighted by atomic mass is 10.1. The molecule has 0 aromatic heterocycles. The fraction of sp³-hybridized carbons (Fsp3) is 0.118. The Hall–Kier alpha value is -2.35. The number of hydrogen-bond acceptors (Lipinski definition) is 1. The molecule has 1 aliphatic heterocycles. The van der Waals surface area contributed by atoms with E-state index in [0.29, 0.717) is 13.1 Å². The van der Waals surface area contributed by atoms with Crippen molar-refractivity contribution in [1.29, 1.82) is 0 Å². The predicted molar refractivity (Wildman–Crippen MR) is 76.3 cm³/mol. The van der Waals surface area contributed by atoms with E-state index in [4.69, 9.17) is 0 Å². The highest BCUT2D eigenvalue weighted by molar-refractivity contribution is 6.00. The van der Waals surface area contributed by atoms with Crippen molar-refractivity contribution >= 4 is 11.5 Å². The summed E-state index contributed by atoms with van der Waals surface area (Å²) in [6.07, 6.45) is 1.75. The second-order valence-corrected chi connectivity index (χ2v) is 4.72. The molecule has 3 rings (SSSR count). The van der Waals surface area contributed by atoms with Crippen molar-refractivity contribution in [1.82, 2.24) is 4.90 Å². The fourth-order valence-corrected chi connectivity index (χ4v) is 2.33. The molecule has 0 fully saturated rings. The number of rotatable bonds is 3. The van der Waals surface area contributed by atoms with Gasteiger partial charge in [-0.25, -0.2) is 0 Å². The molecule has 94 valence electrons. The standard InChI is InChI=1S/C17H15NO/c19-17-11-16(15-9-5-2-6-10-15)13-18(17)12-14-7-3-1-4-8-14/h1-11H,12-13H2. The second-order valence-electron chi connectivity index (χ2n) is 4.72. The molecule has 1 aliphatic rings. The Kier molecular flexibility index (Phi) is 3.15. The third-order valence-electron chi connectivity index (χ3n) is 3.33. The van der Waals surface area contributed by atoms with Crippen LogP contribution in [-0.4, -0.2) is 17.4 Å². The van der Waals surface area contributed by atoms with Crippen LogP contribution in [0.5, 0.6) is 0 Å². The van der Waals surface area contributed by atoms with Crippen LogP contribution < -0.4 is 0 Å². The van der Waals surface area contributed by atoms with E-state index < -0.39 is 0 Å². The van der Waals surface area contributed by atoms with Crippen molar-refractivity contribution < 1.29 is 4.79 Å². The Morgan fingerprint density at radius 2 is 1.53 bits per heavy atom. The van der Waals surface area contributed by atoms with Crippen LogP contribution in [0.4, 0.5) is 0 Å². The SMILES string of the molecule is O=C1C=C(c2ccccc2)CN1Cc1ccccc1. The predicted octanol–water partition coefficient (Wildman–Crippen LogP) is 3.11. The maximum Gasteiger partial charge on any atom is 0.247 e. The van der Waals surface area contributed by atoms with E-state index in [1.165, 1.54) is 5.56 Å². The summed E-state index contributed by atoms with van der Waals surface area (Å²) in [5.41, 5.74) is 3.39. The summed E-state index contributed by atoms with van der Waals surface area (Å²) in [5.74, 6) is 0.0997. The van der Waals surface area contributed by atoms with Gasteiger partial charge in [0.05, 0.1) is 0 Å². The molecule has 0 N–H and O–H groups in total. The number of carbonyl (C=O) groups is 1. The zero-order valence-corrected chi connectivity index (χ0v) is 10.6. The summed E-state index contributed by atoms with van der Waals surface area (Å²) in [6, 6.07) is 20.2. The van der Waals surface area contributed by atoms with Gasteiger partial charge in [-0.2, -0.15) is 0 Å². The normalized spacial score (nSPS) is 14.6. The lowest BCUT2D eigenvalue weighted by Crippen LogP contribution is -2.25. The molecule has 2 aromatic carbocycles. The maximum atomic E-state index is 12.0. The molecular formula is C17H15NO. The van der Waals surface area contributed by atoms with Crippen LogP contribution in [0.15, 0.2) is 66.7 Å². The highest BCUT2D eigenvalue weighted by Crippen LogP contribution is 2.22. The lowest BCUT2D eigenvalue weighted by Gasteiger charge is -2.16. The first-order chi connectivity index (χ1) is 9.33. The molecule has 2 heteroatoms. The summed E-state index contributed by atoms with van der Waals surface area (Å²) in [7, 11) is 0. The van der Waals surface area contributed by atoms with Crippen LogP contribution >= 0.6 is 0 Å². The summed E-state index contributed by atoms with van der Waals surface area (Å²) in [4.78, 5) is 13.9. The molecule has 0 bridgehead atoms. The van der Waals surface area contributed by atoms with Crippen molar-refractivity contribution in [3.63, 3.8) is 0 Å². The third-order valence-corrected chi connectivity index (χ3v) is 3.33. The fourth-order valence-electron chi connectivity index (χ4n) is 2.33. The minimum Gasteiger partial charge on any atom is -0.330 e. The van der Waals surface area contributed by atoms with Crippen molar-refractivity contribution in [2.24, 2.45) is 0 Å². The quantitative estimate of drug-likeness (QED) is 0.818. The van der Waals surface area contributed by atoms with Gasteiger partial charge < -0.3 is 4.90 Å². The lowest BCUT2D eigenvalue weighted by molar-refractivity contribution is -0.125. The van der Waals surface area contributed by atoms with Gasteiger partial charge in [0.2, 0.25) is 5.91 Å². The van der Waals surface area contributed by atoms with Gasteiger partial charge in [-0.05, 0) is 16.7 Å². The van der Waals surface area contributed by atoms with E-state index in [1.54, 1.807) is 6.08 Å². The Balaban J connectivity index is 1.74. The molecule has 1 amide bonds. The van der Waals surface area contributed by atoms with E-state index in [2.05, 4.69) is 0 Å². The van der Waals surface area contributed by atoms with E-state index in [0.717, 1.165) is 11.1 Å². The Morgan fingerprint density at radius 3 is 2.21 bits per heavy atom. The second kappa shape index (κ2) is 5.11. The molecule has 0 radical (unpaired) electrons. The average Bonchev–Trinajstić information content (AvgIpc) is 2.82.